The van der Waals surface area contributed by atoms with Crippen molar-refractivity contribution in [3.05, 3.63) is 28.5 Å². The van der Waals surface area contributed by atoms with Gasteiger partial charge in [0.1, 0.15) is 12.3 Å². The Kier molecular flexibility index (Phi) is 4.81. The third-order valence-corrected chi connectivity index (χ3v) is 4.06. The van der Waals surface area contributed by atoms with E-state index < -0.39 is 20.7 Å². The summed E-state index contributed by atoms with van der Waals surface area (Å²) in [5.74, 6) is 0.321. The number of hydrogen-bond acceptors (Lipinski definition) is 8. The van der Waals surface area contributed by atoms with Gasteiger partial charge in [-0.3, -0.25) is 14.3 Å². The average Bonchev–Trinajstić information content (AvgIpc) is 3.16. The molecule has 0 bridgehead atoms. The van der Waals surface area contributed by atoms with Gasteiger partial charge in [-0.15, -0.1) is 0 Å². The third-order valence-electron chi connectivity index (χ3n) is 3.65. The molecule has 1 saturated heterocycles. The summed E-state index contributed by atoms with van der Waals surface area (Å²) in [7, 11) is 0.110. The predicted molar refractivity (Wildman–Crippen MR) is 87.5 cm³/mol. The van der Waals surface area contributed by atoms with E-state index in [9.17, 15) is 14.8 Å². The quantitative estimate of drug-likeness (QED) is 0.444. The largest absolute Gasteiger partial charge is 0.455 e. The maximum Gasteiger partial charge on any atom is 0.280 e. The number of aromatic nitrogens is 4. The van der Waals surface area contributed by atoms with E-state index in [1.54, 1.807) is 18.3 Å². The van der Waals surface area contributed by atoms with Gasteiger partial charge in [-0.05, 0) is 0 Å². The molecule has 0 amide bonds. The summed E-state index contributed by atoms with van der Waals surface area (Å²) in [5.41, 5.74) is 0.952. The van der Waals surface area contributed by atoms with E-state index in [-0.39, 0.29) is 17.7 Å². The van der Waals surface area contributed by atoms with Gasteiger partial charge < -0.3 is 24.6 Å². The number of nitrogens with one attached hydrogen (secondary N) is 2. The average molecular weight is 355 g/mol. The van der Waals surface area contributed by atoms with Gasteiger partial charge in [0.25, 0.3) is 5.56 Å². The van der Waals surface area contributed by atoms with Gasteiger partial charge in [0, 0.05) is 25.7 Å². The first-order valence-corrected chi connectivity index (χ1v) is 8.88. The molecular formula is C13H18N5O5P. The maximum atomic E-state index is 12.0. The number of ether oxygens (including phenoxy) is 1. The van der Waals surface area contributed by atoms with Gasteiger partial charge in [0.2, 0.25) is 14.3 Å². The summed E-state index contributed by atoms with van der Waals surface area (Å²) in [6.45, 7) is 1.33. The number of aliphatic hydroxyl groups excluding tert-OH is 1. The van der Waals surface area contributed by atoms with Crippen LogP contribution >= 0.6 is 8.38 Å². The molecule has 0 aromatic carbocycles. The molecule has 3 unspecified atom stereocenters. The number of rotatable bonds is 5. The molecule has 130 valence electrons. The highest BCUT2D eigenvalue weighted by molar-refractivity contribution is 7.45. The number of anilines is 1. The number of aromatic amines is 1. The molecule has 0 aliphatic carbocycles. The van der Waals surface area contributed by atoms with Crippen molar-refractivity contribution in [3.63, 3.8) is 0 Å². The van der Waals surface area contributed by atoms with Crippen LogP contribution in [0.4, 0.5) is 5.95 Å². The smallest absolute Gasteiger partial charge is 0.280 e. The van der Waals surface area contributed by atoms with Crippen molar-refractivity contribution >= 4 is 25.5 Å². The molecule has 4 N–H and O–H groups in total. The summed E-state index contributed by atoms with van der Waals surface area (Å²) >= 11 is 0. The Morgan fingerprint density at radius 3 is 3.12 bits per heavy atom. The second-order valence-corrected chi connectivity index (χ2v) is 6.36. The lowest BCUT2D eigenvalue weighted by Gasteiger charge is -2.13. The minimum atomic E-state index is -1.54. The standard InChI is InChI=1S/C13H18N5O5P/c1-14-13-16-11-10(12(20)17-13)15-6-18(11)9-3-7(5-22-24(2)21)8(4-19)23-9/h5-6,8-9,19,21H,3-4H2,1-2H3,(H2,14,16,17,20). The molecule has 0 spiro atoms. The van der Waals surface area contributed by atoms with E-state index in [0.717, 1.165) is 0 Å². The van der Waals surface area contributed by atoms with Crippen LogP contribution in [0, 0.1) is 0 Å². The lowest BCUT2D eigenvalue weighted by atomic mass is 10.1. The molecule has 0 saturated carbocycles. The van der Waals surface area contributed by atoms with Gasteiger partial charge in [-0.2, -0.15) is 4.98 Å². The van der Waals surface area contributed by atoms with Crippen molar-refractivity contribution < 1.29 is 19.3 Å². The second-order valence-electron chi connectivity index (χ2n) is 5.22. The number of aliphatic hydroxyl groups is 1. The Bertz CT molecular complexity index is 817. The van der Waals surface area contributed by atoms with Crippen LogP contribution < -0.4 is 10.9 Å². The van der Waals surface area contributed by atoms with Crippen LogP contribution in [0.25, 0.3) is 11.2 Å². The summed E-state index contributed by atoms with van der Waals surface area (Å²) in [4.78, 5) is 32.2. The number of imidazole rings is 1. The SMILES string of the molecule is CNc1nc2c(ncn2C2CC(=COP(C)O)C(CO)O2)c(=O)[nH]1. The minimum absolute atomic E-state index is 0.208. The molecule has 2 aromatic heterocycles. The molecule has 2 aromatic rings. The fourth-order valence-corrected chi connectivity index (χ4v) is 2.79. The monoisotopic (exact) mass is 355 g/mol. The number of nitrogens with zero attached hydrogens (tertiary/aromatic N) is 3. The van der Waals surface area contributed by atoms with Crippen LogP contribution in [0.2, 0.25) is 0 Å². The maximum absolute atomic E-state index is 12.0. The molecule has 11 heteroatoms. The van der Waals surface area contributed by atoms with Crippen LogP contribution in [0.15, 0.2) is 23.0 Å². The van der Waals surface area contributed by atoms with Gasteiger partial charge in [-0.25, -0.2) is 4.98 Å². The van der Waals surface area contributed by atoms with Gasteiger partial charge in [0.15, 0.2) is 11.2 Å². The highest BCUT2D eigenvalue weighted by atomic mass is 31.2. The zero-order valence-corrected chi connectivity index (χ0v) is 14.0. The van der Waals surface area contributed by atoms with Crippen LogP contribution in [0.5, 0.6) is 0 Å². The van der Waals surface area contributed by atoms with Crippen molar-refractivity contribution in [1.82, 2.24) is 19.5 Å². The third kappa shape index (κ3) is 3.13. The summed E-state index contributed by atoms with van der Waals surface area (Å²) in [5, 5.41) is 12.3. The summed E-state index contributed by atoms with van der Waals surface area (Å²) < 4.78 is 12.6. The lowest BCUT2D eigenvalue weighted by molar-refractivity contribution is -0.0148. The van der Waals surface area contributed by atoms with Crippen molar-refractivity contribution in [2.45, 2.75) is 18.8 Å². The second kappa shape index (κ2) is 6.86. The molecular weight excluding hydrogens is 337 g/mol. The van der Waals surface area contributed by atoms with Crippen molar-refractivity contribution in [2.24, 2.45) is 0 Å². The van der Waals surface area contributed by atoms with Crippen LogP contribution in [0.3, 0.4) is 0 Å². The van der Waals surface area contributed by atoms with Gasteiger partial charge in [0.05, 0.1) is 19.2 Å². The lowest BCUT2D eigenvalue weighted by Crippen LogP contribution is -2.16. The number of hydrogen-bond donors (Lipinski definition) is 4. The highest BCUT2D eigenvalue weighted by Crippen LogP contribution is 2.36. The summed E-state index contributed by atoms with van der Waals surface area (Å²) in [6.07, 6.45) is 2.29. The van der Waals surface area contributed by atoms with Crippen molar-refractivity contribution in [3.8, 4) is 0 Å². The van der Waals surface area contributed by atoms with Gasteiger partial charge >= 0.3 is 0 Å². The van der Waals surface area contributed by atoms with E-state index in [2.05, 4.69) is 20.3 Å². The first-order chi connectivity index (χ1) is 11.5. The topological polar surface area (TPSA) is 135 Å². The van der Waals surface area contributed by atoms with E-state index in [1.807, 2.05) is 0 Å². The number of H-pyrrole nitrogens is 1. The van der Waals surface area contributed by atoms with Crippen molar-refractivity contribution in [2.75, 3.05) is 25.6 Å². The molecule has 3 rings (SSSR count). The van der Waals surface area contributed by atoms with E-state index in [4.69, 9.17) is 9.26 Å². The fourth-order valence-electron chi connectivity index (χ4n) is 2.51. The first kappa shape index (κ1) is 16.8. The van der Waals surface area contributed by atoms with Gasteiger partial charge in [-0.1, -0.05) is 0 Å². The normalized spacial score (nSPS) is 23.8. The summed E-state index contributed by atoms with van der Waals surface area (Å²) in [6, 6.07) is 0. The Morgan fingerprint density at radius 2 is 2.46 bits per heavy atom. The molecule has 3 atom stereocenters. The van der Waals surface area contributed by atoms with E-state index in [0.29, 0.717) is 23.6 Å². The van der Waals surface area contributed by atoms with E-state index in [1.165, 1.54) is 12.6 Å². The van der Waals surface area contributed by atoms with E-state index >= 15 is 0 Å². The highest BCUT2D eigenvalue weighted by Gasteiger charge is 2.32. The Hall–Kier alpha value is -2.00. The minimum Gasteiger partial charge on any atom is -0.455 e. The number of fused-ring (bicyclic) bond motifs is 1. The zero-order valence-electron chi connectivity index (χ0n) is 13.1. The first-order valence-electron chi connectivity index (χ1n) is 7.22. The van der Waals surface area contributed by atoms with Crippen LogP contribution in [0.1, 0.15) is 12.6 Å². The van der Waals surface area contributed by atoms with Crippen LogP contribution in [-0.2, 0) is 9.26 Å². The Labute approximate surface area is 138 Å². The Balaban J connectivity index is 1.95. The fraction of sp³-hybridized carbons (Fsp3) is 0.462. The molecule has 0 radical (unpaired) electrons. The molecule has 24 heavy (non-hydrogen) atoms. The molecule has 10 nitrogen and oxygen atoms in total. The predicted octanol–water partition coefficient (Wildman–Crippen LogP) is 0.276. The van der Waals surface area contributed by atoms with Crippen molar-refractivity contribution in [1.29, 1.82) is 0 Å². The zero-order chi connectivity index (χ0) is 17.3. The molecule has 1 aliphatic rings. The molecule has 1 fully saturated rings. The Morgan fingerprint density at radius 1 is 1.67 bits per heavy atom. The molecule has 1 aliphatic heterocycles. The molecule has 3 heterocycles. The van der Waals surface area contributed by atoms with Crippen LogP contribution in [-0.4, -0.2) is 55.9 Å².